The lowest BCUT2D eigenvalue weighted by Gasteiger charge is -2.07. The number of aliphatic hydroxyl groups excluding tert-OH is 1. The van der Waals surface area contributed by atoms with Crippen LogP contribution in [0.15, 0.2) is 18.3 Å². The van der Waals surface area contributed by atoms with Crippen LogP contribution in [0.1, 0.15) is 22.7 Å². The molecular weight excluding hydrogens is 200 g/mol. The summed E-state index contributed by atoms with van der Waals surface area (Å²) in [5.74, 6) is 0. The number of hydrogen-bond acceptors (Lipinski definition) is 2. The highest BCUT2D eigenvalue weighted by molar-refractivity contribution is 5.87. The maximum Gasteiger partial charge on any atom is 0.0625 e. The minimum atomic E-state index is -0.301. The zero-order valence-corrected chi connectivity index (χ0v) is 9.99. The van der Waals surface area contributed by atoms with Crippen molar-refractivity contribution in [2.45, 2.75) is 19.9 Å². The van der Waals surface area contributed by atoms with Crippen molar-refractivity contribution in [3.63, 3.8) is 0 Å². The van der Waals surface area contributed by atoms with Gasteiger partial charge in [0.05, 0.1) is 18.2 Å². The summed E-state index contributed by atoms with van der Waals surface area (Å²) in [6.07, 6.45) is 2.01. The zero-order valence-electron chi connectivity index (χ0n) is 9.99. The predicted molar refractivity (Wildman–Crippen MR) is 66.4 cm³/mol. The van der Waals surface area contributed by atoms with Gasteiger partial charge < -0.3 is 15.4 Å². The SMILES string of the molecule is Cc1cc(C)c2c(c1)c(C(N)CO)cn2C. The molecule has 0 bridgehead atoms. The van der Waals surface area contributed by atoms with Crippen LogP contribution in [0.2, 0.25) is 0 Å². The summed E-state index contributed by atoms with van der Waals surface area (Å²) in [5, 5.41) is 10.3. The number of benzene rings is 1. The Hall–Kier alpha value is -1.32. The molecule has 0 saturated carbocycles. The summed E-state index contributed by atoms with van der Waals surface area (Å²) < 4.78 is 2.08. The molecule has 2 rings (SSSR count). The Bertz CT molecular complexity index is 528. The molecular formula is C13H18N2O. The first-order valence-electron chi connectivity index (χ1n) is 5.47. The Labute approximate surface area is 95.5 Å². The van der Waals surface area contributed by atoms with Crippen molar-refractivity contribution in [3.05, 3.63) is 35.0 Å². The zero-order chi connectivity index (χ0) is 11.9. The Morgan fingerprint density at radius 3 is 2.69 bits per heavy atom. The van der Waals surface area contributed by atoms with Crippen LogP contribution in [0.25, 0.3) is 10.9 Å². The molecule has 0 aliphatic heterocycles. The number of fused-ring (bicyclic) bond motifs is 1. The fraction of sp³-hybridized carbons (Fsp3) is 0.385. The molecule has 0 radical (unpaired) electrons. The molecule has 3 heteroatoms. The molecule has 0 amide bonds. The Morgan fingerprint density at radius 2 is 2.06 bits per heavy atom. The van der Waals surface area contributed by atoms with Crippen molar-refractivity contribution in [3.8, 4) is 0 Å². The van der Waals surface area contributed by atoms with Gasteiger partial charge in [-0.15, -0.1) is 0 Å². The van der Waals surface area contributed by atoms with Crippen LogP contribution in [0.4, 0.5) is 0 Å². The highest BCUT2D eigenvalue weighted by Gasteiger charge is 2.14. The Morgan fingerprint density at radius 1 is 1.38 bits per heavy atom. The second-order valence-corrected chi connectivity index (χ2v) is 4.46. The number of nitrogens with two attached hydrogens (primary N) is 1. The molecule has 0 saturated heterocycles. The van der Waals surface area contributed by atoms with Crippen LogP contribution in [0, 0.1) is 13.8 Å². The third-order valence-electron chi connectivity index (χ3n) is 3.04. The van der Waals surface area contributed by atoms with Gasteiger partial charge in [0, 0.05) is 18.6 Å². The minimum absolute atomic E-state index is 0.0217. The summed E-state index contributed by atoms with van der Waals surface area (Å²) in [7, 11) is 2.01. The van der Waals surface area contributed by atoms with Crippen molar-refractivity contribution < 1.29 is 5.11 Å². The van der Waals surface area contributed by atoms with E-state index in [9.17, 15) is 0 Å². The average Bonchev–Trinajstić information content (AvgIpc) is 2.54. The second-order valence-electron chi connectivity index (χ2n) is 4.46. The maximum absolute atomic E-state index is 9.16. The lowest BCUT2D eigenvalue weighted by atomic mass is 10.0. The van der Waals surface area contributed by atoms with E-state index in [2.05, 4.69) is 30.5 Å². The van der Waals surface area contributed by atoms with Gasteiger partial charge in [-0.3, -0.25) is 0 Å². The first kappa shape index (κ1) is 11.2. The average molecular weight is 218 g/mol. The first-order valence-corrected chi connectivity index (χ1v) is 5.47. The number of aromatic nitrogens is 1. The third kappa shape index (κ3) is 1.62. The van der Waals surface area contributed by atoms with E-state index in [1.165, 1.54) is 16.6 Å². The first-order chi connectivity index (χ1) is 7.54. The molecule has 1 unspecified atom stereocenters. The molecule has 16 heavy (non-hydrogen) atoms. The molecule has 2 aromatic rings. The van der Waals surface area contributed by atoms with Crippen LogP contribution in [0.3, 0.4) is 0 Å². The number of hydrogen-bond donors (Lipinski definition) is 2. The van der Waals surface area contributed by atoms with Gasteiger partial charge in [-0.2, -0.15) is 0 Å². The van der Waals surface area contributed by atoms with Crippen molar-refractivity contribution in [2.75, 3.05) is 6.61 Å². The van der Waals surface area contributed by atoms with Gasteiger partial charge in [0.2, 0.25) is 0 Å². The topological polar surface area (TPSA) is 51.2 Å². The number of aryl methyl sites for hydroxylation is 3. The van der Waals surface area contributed by atoms with Gasteiger partial charge in [0.1, 0.15) is 0 Å². The summed E-state index contributed by atoms with van der Waals surface area (Å²) in [4.78, 5) is 0. The molecule has 3 N–H and O–H groups in total. The molecule has 86 valence electrons. The van der Waals surface area contributed by atoms with E-state index in [0.717, 1.165) is 10.9 Å². The molecule has 1 aromatic carbocycles. The fourth-order valence-corrected chi connectivity index (χ4v) is 2.38. The Kier molecular flexibility index (Phi) is 2.74. The number of nitrogens with zero attached hydrogens (tertiary/aromatic N) is 1. The number of aliphatic hydroxyl groups is 1. The normalized spacial score (nSPS) is 13.3. The lowest BCUT2D eigenvalue weighted by molar-refractivity contribution is 0.268. The third-order valence-corrected chi connectivity index (χ3v) is 3.04. The van der Waals surface area contributed by atoms with E-state index >= 15 is 0 Å². The van der Waals surface area contributed by atoms with Crippen molar-refractivity contribution in [2.24, 2.45) is 12.8 Å². The molecule has 3 nitrogen and oxygen atoms in total. The van der Waals surface area contributed by atoms with E-state index < -0.39 is 0 Å². The molecule has 0 aliphatic carbocycles. The van der Waals surface area contributed by atoms with Gasteiger partial charge >= 0.3 is 0 Å². The summed E-state index contributed by atoms with van der Waals surface area (Å²) >= 11 is 0. The minimum Gasteiger partial charge on any atom is -0.394 e. The van der Waals surface area contributed by atoms with Gasteiger partial charge in [-0.05, 0) is 31.0 Å². The number of rotatable bonds is 2. The van der Waals surface area contributed by atoms with Gasteiger partial charge in [-0.1, -0.05) is 11.6 Å². The van der Waals surface area contributed by atoms with E-state index in [0.29, 0.717) is 0 Å². The van der Waals surface area contributed by atoms with Crippen molar-refractivity contribution in [1.82, 2.24) is 4.57 Å². The molecule has 0 fully saturated rings. The molecule has 1 heterocycles. The van der Waals surface area contributed by atoms with Crippen LogP contribution in [-0.2, 0) is 7.05 Å². The summed E-state index contributed by atoms with van der Waals surface area (Å²) in [5.41, 5.74) is 10.6. The lowest BCUT2D eigenvalue weighted by Crippen LogP contribution is -2.13. The van der Waals surface area contributed by atoms with Gasteiger partial charge in [0.15, 0.2) is 0 Å². The standard InChI is InChI=1S/C13H18N2O/c1-8-4-9(2)13-10(5-8)11(6-15(13)3)12(14)7-16/h4-6,12,16H,7,14H2,1-3H3. The van der Waals surface area contributed by atoms with E-state index in [1.807, 2.05) is 13.2 Å². The summed E-state index contributed by atoms with van der Waals surface area (Å²) in [6.45, 7) is 4.16. The van der Waals surface area contributed by atoms with Crippen LogP contribution in [-0.4, -0.2) is 16.3 Å². The quantitative estimate of drug-likeness (QED) is 0.807. The molecule has 1 atom stereocenters. The largest absolute Gasteiger partial charge is 0.394 e. The maximum atomic E-state index is 9.16. The summed E-state index contributed by atoms with van der Waals surface area (Å²) in [6, 6.07) is 3.99. The van der Waals surface area contributed by atoms with E-state index in [-0.39, 0.29) is 12.6 Å². The fourth-order valence-electron chi connectivity index (χ4n) is 2.38. The van der Waals surface area contributed by atoms with Crippen LogP contribution in [0.5, 0.6) is 0 Å². The molecule has 0 spiro atoms. The predicted octanol–water partition coefficient (Wildman–Crippen LogP) is 1.79. The van der Waals surface area contributed by atoms with Crippen molar-refractivity contribution >= 4 is 10.9 Å². The van der Waals surface area contributed by atoms with Crippen LogP contribution < -0.4 is 5.73 Å². The highest BCUT2D eigenvalue weighted by Crippen LogP contribution is 2.28. The van der Waals surface area contributed by atoms with Gasteiger partial charge in [-0.25, -0.2) is 0 Å². The smallest absolute Gasteiger partial charge is 0.0625 e. The van der Waals surface area contributed by atoms with Crippen molar-refractivity contribution in [1.29, 1.82) is 0 Å². The monoisotopic (exact) mass is 218 g/mol. The highest BCUT2D eigenvalue weighted by atomic mass is 16.3. The van der Waals surface area contributed by atoms with Gasteiger partial charge in [0.25, 0.3) is 0 Å². The second kappa shape index (κ2) is 3.92. The van der Waals surface area contributed by atoms with Crippen LogP contribution >= 0.6 is 0 Å². The Balaban J connectivity index is 2.78. The van der Waals surface area contributed by atoms with E-state index in [1.54, 1.807) is 0 Å². The van der Waals surface area contributed by atoms with E-state index in [4.69, 9.17) is 10.8 Å². The molecule has 0 aliphatic rings. The molecule has 1 aromatic heterocycles.